The maximum absolute atomic E-state index is 2.66. The van der Waals surface area contributed by atoms with Gasteiger partial charge in [-0.1, -0.05) is 51.1 Å². The molecule has 1 aliphatic heterocycles. The van der Waals surface area contributed by atoms with Crippen molar-refractivity contribution in [3.63, 3.8) is 0 Å². The van der Waals surface area contributed by atoms with Crippen LogP contribution in [0.2, 0.25) is 0 Å². The van der Waals surface area contributed by atoms with Crippen molar-refractivity contribution in [3.8, 4) is 11.4 Å². The van der Waals surface area contributed by atoms with E-state index in [1.54, 1.807) is 0 Å². The van der Waals surface area contributed by atoms with E-state index in [0.717, 1.165) is 12.8 Å². The molecule has 0 amide bonds. The van der Waals surface area contributed by atoms with E-state index in [2.05, 4.69) is 99.2 Å². The summed E-state index contributed by atoms with van der Waals surface area (Å²) >= 11 is 0. The van der Waals surface area contributed by atoms with Crippen LogP contribution in [0.4, 0.5) is 0 Å². The van der Waals surface area contributed by atoms with Crippen molar-refractivity contribution in [1.82, 2.24) is 4.57 Å². The number of fused-ring (bicyclic) bond motifs is 5. The molecule has 2 unspecified atom stereocenters. The predicted octanol–water partition coefficient (Wildman–Crippen LogP) is 5.98. The SMILES string of the molecule is CCC1(C)c2ccccc2-c2n(c3ccccc3[n+]2C(C)C)C1(C)CC. The first-order valence-electron chi connectivity index (χ1n) is 10.1. The third-order valence-electron chi connectivity index (χ3n) is 7.18. The number of aromatic nitrogens is 2. The normalized spacial score (nSPS) is 24.7. The number of imidazole rings is 1. The van der Waals surface area contributed by atoms with E-state index < -0.39 is 0 Å². The zero-order valence-electron chi connectivity index (χ0n) is 17.0. The lowest BCUT2D eigenvalue weighted by Gasteiger charge is -2.48. The topological polar surface area (TPSA) is 8.81 Å². The molecule has 0 saturated heterocycles. The van der Waals surface area contributed by atoms with E-state index in [1.807, 2.05) is 0 Å². The fraction of sp³-hybridized carbons (Fsp3) is 0.458. The van der Waals surface area contributed by atoms with Crippen molar-refractivity contribution in [2.45, 2.75) is 71.4 Å². The van der Waals surface area contributed by atoms with Crippen molar-refractivity contribution in [1.29, 1.82) is 0 Å². The van der Waals surface area contributed by atoms with Gasteiger partial charge in [0, 0.05) is 5.41 Å². The van der Waals surface area contributed by atoms with Gasteiger partial charge in [-0.2, -0.15) is 0 Å². The second kappa shape index (κ2) is 5.70. The zero-order valence-corrected chi connectivity index (χ0v) is 17.0. The predicted molar refractivity (Wildman–Crippen MR) is 110 cm³/mol. The number of rotatable bonds is 3. The number of hydrogen-bond donors (Lipinski definition) is 0. The Labute approximate surface area is 157 Å². The van der Waals surface area contributed by atoms with Crippen molar-refractivity contribution in [2.75, 3.05) is 0 Å². The Morgan fingerprint density at radius 2 is 1.58 bits per heavy atom. The molecule has 0 radical (unpaired) electrons. The summed E-state index contributed by atoms with van der Waals surface area (Å²) in [5.41, 5.74) is 5.72. The van der Waals surface area contributed by atoms with Crippen molar-refractivity contribution < 1.29 is 4.57 Å². The molecule has 136 valence electrons. The lowest BCUT2D eigenvalue weighted by molar-refractivity contribution is -0.681. The molecule has 2 aromatic carbocycles. The average molecular weight is 348 g/mol. The van der Waals surface area contributed by atoms with Crippen LogP contribution < -0.4 is 4.57 Å². The summed E-state index contributed by atoms with van der Waals surface area (Å²) in [4.78, 5) is 0. The van der Waals surface area contributed by atoms with Gasteiger partial charge in [0.25, 0.3) is 5.82 Å². The van der Waals surface area contributed by atoms with Gasteiger partial charge >= 0.3 is 0 Å². The van der Waals surface area contributed by atoms with Crippen molar-refractivity contribution in [3.05, 3.63) is 54.1 Å². The molecule has 2 atom stereocenters. The highest BCUT2D eigenvalue weighted by molar-refractivity contribution is 5.79. The highest BCUT2D eigenvalue weighted by atomic mass is 15.2. The lowest BCUT2D eigenvalue weighted by atomic mass is 9.61. The maximum atomic E-state index is 2.66. The molecule has 3 aromatic rings. The zero-order chi connectivity index (χ0) is 18.7. The average Bonchev–Trinajstić information content (AvgIpc) is 3.02. The minimum absolute atomic E-state index is 0.0329. The maximum Gasteiger partial charge on any atom is 0.290 e. The van der Waals surface area contributed by atoms with Crippen LogP contribution in [-0.4, -0.2) is 4.57 Å². The van der Waals surface area contributed by atoms with Crippen LogP contribution in [0, 0.1) is 0 Å². The highest BCUT2D eigenvalue weighted by Crippen LogP contribution is 2.54. The highest BCUT2D eigenvalue weighted by Gasteiger charge is 2.56. The van der Waals surface area contributed by atoms with Gasteiger partial charge in [0.05, 0.1) is 11.6 Å². The third kappa shape index (κ3) is 1.91. The summed E-state index contributed by atoms with van der Waals surface area (Å²) in [5.74, 6) is 1.37. The Balaban J connectivity index is 2.27. The first kappa shape index (κ1) is 17.3. The molecule has 2 nitrogen and oxygen atoms in total. The molecule has 0 fully saturated rings. The Morgan fingerprint density at radius 1 is 0.923 bits per heavy atom. The summed E-state index contributed by atoms with van der Waals surface area (Å²) < 4.78 is 5.20. The van der Waals surface area contributed by atoms with Gasteiger partial charge in [-0.3, -0.25) is 0 Å². The number of benzene rings is 2. The van der Waals surface area contributed by atoms with Gasteiger partial charge in [-0.25, -0.2) is 9.13 Å². The second-order valence-corrected chi connectivity index (χ2v) is 8.47. The fourth-order valence-corrected chi connectivity index (χ4v) is 5.28. The van der Waals surface area contributed by atoms with Crippen LogP contribution in [0.25, 0.3) is 22.4 Å². The van der Waals surface area contributed by atoms with E-state index in [9.17, 15) is 0 Å². The number of hydrogen-bond acceptors (Lipinski definition) is 0. The Bertz CT molecular complexity index is 981. The fourth-order valence-electron chi connectivity index (χ4n) is 5.28. The van der Waals surface area contributed by atoms with Gasteiger partial charge in [-0.05, 0) is 57.4 Å². The molecule has 0 aliphatic carbocycles. The molecule has 26 heavy (non-hydrogen) atoms. The van der Waals surface area contributed by atoms with E-state index in [1.165, 1.54) is 28.0 Å². The molecular weight excluding hydrogens is 316 g/mol. The molecular formula is C24H31N2+. The number of para-hydroxylation sites is 2. The number of nitrogens with zero attached hydrogens (tertiary/aromatic N) is 2. The summed E-state index contributed by atoms with van der Waals surface area (Å²) in [6, 6.07) is 18.4. The Hall–Kier alpha value is -2.09. The van der Waals surface area contributed by atoms with Gasteiger partial charge < -0.3 is 0 Å². The van der Waals surface area contributed by atoms with Gasteiger partial charge in [0.2, 0.25) is 0 Å². The minimum Gasteiger partial charge on any atom is -0.221 e. The van der Waals surface area contributed by atoms with Crippen LogP contribution >= 0.6 is 0 Å². The van der Waals surface area contributed by atoms with Crippen LogP contribution in [0.5, 0.6) is 0 Å². The Morgan fingerprint density at radius 3 is 2.23 bits per heavy atom. The standard InChI is InChI=1S/C24H31N2/c1-7-23(5)19-14-10-9-13-18(19)22-25(17(3)4)20-15-11-12-16-21(20)26(22)24(23,6)8-2/h9-17H,7-8H2,1-6H3/q+1. The monoisotopic (exact) mass is 347 g/mol. The minimum atomic E-state index is 0.0329. The molecule has 1 aromatic heterocycles. The molecule has 0 saturated carbocycles. The van der Waals surface area contributed by atoms with E-state index in [4.69, 9.17) is 0 Å². The van der Waals surface area contributed by atoms with Crippen LogP contribution in [0.3, 0.4) is 0 Å². The molecule has 0 N–H and O–H groups in total. The van der Waals surface area contributed by atoms with Crippen LogP contribution in [0.1, 0.15) is 66.0 Å². The first-order chi connectivity index (χ1) is 12.4. The molecule has 0 spiro atoms. The van der Waals surface area contributed by atoms with E-state index in [0.29, 0.717) is 6.04 Å². The molecule has 4 rings (SSSR count). The smallest absolute Gasteiger partial charge is 0.221 e. The lowest BCUT2D eigenvalue weighted by Crippen LogP contribution is -2.53. The van der Waals surface area contributed by atoms with E-state index >= 15 is 0 Å². The van der Waals surface area contributed by atoms with Gasteiger partial charge in [0.15, 0.2) is 11.0 Å². The molecule has 2 heteroatoms. The summed E-state index contributed by atoms with van der Waals surface area (Å²) in [6.45, 7) is 14.2. The van der Waals surface area contributed by atoms with Crippen LogP contribution in [-0.2, 0) is 11.0 Å². The van der Waals surface area contributed by atoms with Crippen molar-refractivity contribution in [2.24, 2.45) is 0 Å². The largest absolute Gasteiger partial charge is 0.290 e. The van der Waals surface area contributed by atoms with E-state index in [-0.39, 0.29) is 11.0 Å². The molecule has 2 heterocycles. The Kier molecular flexibility index (Phi) is 3.80. The summed E-state index contributed by atoms with van der Waals surface area (Å²) in [5, 5.41) is 0. The molecule has 1 aliphatic rings. The summed E-state index contributed by atoms with van der Waals surface area (Å²) in [6.07, 6.45) is 2.23. The first-order valence-corrected chi connectivity index (χ1v) is 10.1. The van der Waals surface area contributed by atoms with Crippen molar-refractivity contribution >= 4 is 11.0 Å². The second-order valence-electron chi connectivity index (χ2n) is 8.47. The summed E-state index contributed by atoms with van der Waals surface area (Å²) in [7, 11) is 0. The molecule has 0 bridgehead atoms. The van der Waals surface area contributed by atoms with Gasteiger partial charge in [-0.15, -0.1) is 0 Å². The quantitative estimate of drug-likeness (QED) is 0.515. The van der Waals surface area contributed by atoms with Gasteiger partial charge in [0.1, 0.15) is 5.54 Å². The van der Waals surface area contributed by atoms with Crippen LogP contribution in [0.15, 0.2) is 48.5 Å². The third-order valence-corrected chi connectivity index (χ3v) is 7.18.